The van der Waals surface area contributed by atoms with Gasteiger partial charge in [0.25, 0.3) is 0 Å². The Balaban J connectivity index is 2.36. The fourth-order valence-electron chi connectivity index (χ4n) is 1.54. The van der Waals surface area contributed by atoms with Gasteiger partial charge in [0.05, 0.1) is 5.69 Å². The number of nitrogens with zero attached hydrogens (tertiary/aromatic N) is 2. The molecule has 0 radical (unpaired) electrons. The molecule has 2 atom stereocenters. The van der Waals surface area contributed by atoms with Crippen LogP contribution in [0.25, 0.3) is 5.65 Å². The lowest BCUT2D eigenvalue weighted by Gasteiger charge is -2.14. The predicted octanol–water partition coefficient (Wildman–Crippen LogP) is 1.10. The number of nitrogens with two attached hydrogens (primary N) is 1. The van der Waals surface area contributed by atoms with E-state index in [1.165, 1.54) is 0 Å². The molecular weight excluding hydrogens is 190 g/mol. The molecule has 0 saturated heterocycles. The van der Waals surface area contributed by atoms with Crippen LogP contribution in [-0.4, -0.2) is 20.5 Å². The smallest absolute Gasteiger partial charge is 0.137 e. The van der Waals surface area contributed by atoms with E-state index in [1.54, 1.807) is 0 Å². The Bertz CT molecular complexity index is 419. The third-order valence-electron chi connectivity index (χ3n) is 2.56. The van der Waals surface area contributed by atoms with Crippen LogP contribution in [0.4, 0.5) is 0 Å². The van der Waals surface area contributed by atoms with E-state index in [0.29, 0.717) is 5.69 Å². The molecular formula is C11H15N3O. The summed E-state index contributed by atoms with van der Waals surface area (Å²) in [7, 11) is 0. The van der Waals surface area contributed by atoms with Crippen molar-refractivity contribution in [2.75, 3.05) is 0 Å². The van der Waals surface area contributed by atoms with Crippen molar-refractivity contribution in [2.24, 2.45) is 5.73 Å². The van der Waals surface area contributed by atoms with Crippen LogP contribution < -0.4 is 5.73 Å². The molecule has 2 heterocycles. The molecule has 3 N–H and O–H groups in total. The van der Waals surface area contributed by atoms with E-state index >= 15 is 0 Å². The maximum absolute atomic E-state index is 9.89. The van der Waals surface area contributed by atoms with Gasteiger partial charge in [-0.1, -0.05) is 13.0 Å². The van der Waals surface area contributed by atoms with Crippen molar-refractivity contribution in [3.8, 4) is 0 Å². The highest BCUT2D eigenvalue weighted by Gasteiger charge is 2.17. The summed E-state index contributed by atoms with van der Waals surface area (Å²) < 4.78 is 1.88. The number of aliphatic hydroxyl groups is 1. The maximum atomic E-state index is 9.89. The van der Waals surface area contributed by atoms with Crippen molar-refractivity contribution in [1.82, 2.24) is 9.38 Å². The Morgan fingerprint density at radius 1 is 1.53 bits per heavy atom. The molecule has 4 heteroatoms. The topological polar surface area (TPSA) is 63.5 Å². The van der Waals surface area contributed by atoms with Gasteiger partial charge in [-0.05, 0) is 18.6 Å². The third-order valence-corrected chi connectivity index (χ3v) is 2.56. The normalized spacial score (nSPS) is 15.4. The number of aromatic nitrogens is 2. The van der Waals surface area contributed by atoms with Crippen LogP contribution in [0.1, 0.15) is 25.1 Å². The molecule has 15 heavy (non-hydrogen) atoms. The van der Waals surface area contributed by atoms with Crippen LogP contribution >= 0.6 is 0 Å². The van der Waals surface area contributed by atoms with Crippen molar-refractivity contribution in [3.05, 3.63) is 36.3 Å². The average Bonchev–Trinajstić information content (AvgIpc) is 2.70. The van der Waals surface area contributed by atoms with Gasteiger partial charge in [0.1, 0.15) is 11.8 Å². The predicted molar refractivity (Wildman–Crippen MR) is 58.4 cm³/mol. The summed E-state index contributed by atoms with van der Waals surface area (Å²) in [6.45, 7) is 1.95. The number of hydrogen-bond acceptors (Lipinski definition) is 3. The van der Waals surface area contributed by atoms with Gasteiger partial charge in [0, 0.05) is 18.4 Å². The fourth-order valence-corrected chi connectivity index (χ4v) is 1.54. The molecule has 0 fully saturated rings. The monoisotopic (exact) mass is 205 g/mol. The Kier molecular flexibility index (Phi) is 2.70. The first kappa shape index (κ1) is 10.1. The lowest BCUT2D eigenvalue weighted by atomic mass is 10.1. The van der Waals surface area contributed by atoms with E-state index in [9.17, 15) is 5.11 Å². The number of aliphatic hydroxyl groups excluding tert-OH is 1. The van der Waals surface area contributed by atoms with E-state index in [2.05, 4.69) is 4.98 Å². The second-order valence-electron chi connectivity index (χ2n) is 3.65. The summed E-state index contributed by atoms with van der Waals surface area (Å²) >= 11 is 0. The molecule has 0 spiro atoms. The average molecular weight is 205 g/mol. The van der Waals surface area contributed by atoms with Gasteiger partial charge in [0.15, 0.2) is 0 Å². The Morgan fingerprint density at radius 3 is 3.00 bits per heavy atom. The van der Waals surface area contributed by atoms with E-state index in [1.807, 2.05) is 41.9 Å². The van der Waals surface area contributed by atoms with Crippen LogP contribution in [0.3, 0.4) is 0 Å². The number of imidazole rings is 1. The summed E-state index contributed by atoms with van der Waals surface area (Å²) in [4.78, 5) is 4.31. The first-order valence-corrected chi connectivity index (χ1v) is 5.09. The van der Waals surface area contributed by atoms with Crippen LogP contribution in [0.2, 0.25) is 0 Å². The second kappa shape index (κ2) is 4.00. The molecule has 0 amide bonds. The third kappa shape index (κ3) is 1.86. The highest BCUT2D eigenvalue weighted by atomic mass is 16.3. The van der Waals surface area contributed by atoms with E-state index in [-0.39, 0.29) is 6.04 Å². The molecule has 0 aliphatic rings. The van der Waals surface area contributed by atoms with Gasteiger partial charge in [0.2, 0.25) is 0 Å². The number of pyridine rings is 1. The molecule has 4 nitrogen and oxygen atoms in total. The first-order valence-electron chi connectivity index (χ1n) is 5.09. The van der Waals surface area contributed by atoms with Crippen LogP contribution in [0.15, 0.2) is 30.6 Å². The largest absolute Gasteiger partial charge is 0.385 e. The van der Waals surface area contributed by atoms with Gasteiger partial charge >= 0.3 is 0 Å². The summed E-state index contributed by atoms with van der Waals surface area (Å²) in [5, 5.41) is 9.89. The molecule has 2 aromatic rings. The van der Waals surface area contributed by atoms with Crippen LogP contribution in [0, 0.1) is 0 Å². The SMILES string of the molecule is CCC(N)C(O)c1cn2ccccc2n1. The van der Waals surface area contributed by atoms with Gasteiger partial charge in [-0.2, -0.15) is 0 Å². The van der Waals surface area contributed by atoms with Crippen molar-refractivity contribution in [2.45, 2.75) is 25.5 Å². The Hall–Kier alpha value is -1.39. The molecule has 0 bridgehead atoms. The summed E-state index contributed by atoms with van der Waals surface area (Å²) in [5.41, 5.74) is 7.23. The molecule has 0 aliphatic heterocycles. The molecule has 0 saturated carbocycles. The minimum absolute atomic E-state index is 0.255. The van der Waals surface area contributed by atoms with Gasteiger partial charge in [-0.15, -0.1) is 0 Å². The van der Waals surface area contributed by atoms with Gasteiger partial charge < -0.3 is 15.2 Å². The zero-order valence-electron chi connectivity index (χ0n) is 8.67. The zero-order chi connectivity index (χ0) is 10.8. The number of fused-ring (bicyclic) bond motifs is 1. The second-order valence-corrected chi connectivity index (χ2v) is 3.65. The van der Waals surface area contributed by atoms with Crippen molar-refractivity contribution in [3.63, 3.8) is 0 Å². The Labute approximate surface area is 88.4 Å². The van der Waals surface area contributed by atoms with E-state index in [4.69, 9.17) is 5.73 Å². The molecule has 80 valence electrons. The Morgan fingerprint density at radius 2 is 2.33 bits per heavy atom. The summed E-state index contributed by atoms with van der Waals surface area (Å²) in [5.74, 6) is 0. The van der Waals surface area contributed by atoms with Crippen molar-refractivity contribution >= 4 is 5.65 Å². The molecule has 2 unspecified atom stereocenters. The van der Waals surface area contributed by atoms with Crippen LogP contribution in [-0.2, 0) is 0 Å². The van der Waals surface area contributed by atoms with Gasteiger partial charge in [-0.25, -0.2) is 4.98 Å². The van der Waals surface area contributed by atoms with E-state index in [0.717, 1.165) is 12.1 Å². The number of hydrogen-bond donors (Lipinski definition) is 2. The minimum Gasteiger partial charge on any atom is -0.385 e. The molecule has 0 aliphatic carbocycles. The molecule has 2 aromatic heterocycles. The standard InChI is InChI=1S/C11H15N3O/c1-2-8(12)11(15)9-7-14-6-4-3-5-10(14)13-9/h3-8,11,15H,2,12H2,1H3. The van der Waals surface area contributed by atoms with Gasteiger partial charge in [-0.3, -0.25) is 0 Å². The molecule has 2 rings (SSSR count). The minimum atomic E-state index is -0.685. The van der Waals surface area contributed by atoms with Crippen molar-refractivity contribution < 1.29 is 5.11 Å². The van der Waals surface area contributed by atoms with Crippen LogP contribution in [0.5, 0.6) is 0 Å². The highest BCUT2D eigenvalue weighted by molar-refractivity contribution is 5.39. The zero-order valence-corrected chi connectivity index (χ0v) is 8.67. The highest BCUT2D eigenvalue weighted by Crippen LogP contribution is 2.17. The summed E-state index contributed by atoms with van der Waals surface area (Å²) in [6, 6.07) is 5.48. The molecule has 0 aromatic carbocycles. The fraction of sp³-hybridized carbons (Fsp3) is 0.364. The summed E-state index contributed by atoms with van der Waals surface area (Å²) in [6.07, 6.45) is 3.76. The van der Waals surface area contributed by atoms with E-state index < -0.39 is 6.10 Å². The lowest BCUT2D eigenvalue weighted by Crippen LogP contribution is -2.27. The first-order chi connectivity index (χ1) is 7.22. The number of rotatable bonds is 3. The quantitative estimate of drug-likeness (QED) is 0.788. The van der Waals surface area contributed by atoms with Crippen molar-refractivity contribution in [1.29, 1.82) is 0 Å². The maximum Gasteiger partial charge on any atom is 0.137 e. The lowest BCUT2D eigenvalue weighted by molar-refractivity contribution is 0.140.